The zero-order valence-corrected chi connectivity index (χ0v) is 13.9. The number of likely N-dealkylation sites (tertiary alicyclic amines) is 1. The summed E-state index contributed by atoms with van der Waals surface area (Å²) < 4.78 is 0. The van der Waals surface area contributed by atoms with Crippen LogP contribution in [0.2, 0.25) is 0 Å². The molecule has 0 radical (unpaired) electrons. The summed E-state index contributed by atoms with van der Waals surface area (Å²) in [6, 6.07) is 18.9. The maximum atomic E-state index is 12.4. The molecule has 0 saturated carbocycles. The average molecular weight is 320 g/mol. The van der Waals surface area contributed by atoms with Gasteiger partial charge in [0, 0.05) is 12.2 Å². The first-order valence-electron chi connectivity index (χ1n) is 8.97. The van der Waals surface area contributed by atoms with E-state index in [0.717, 1.165) is 44.6 Å². The van der Waals surface area contributed by atoms with Gasteiger partial charge in [0.1, 0.15) is 0 Å². The van der Waals surface area contributed by atoms with E-state index in [0.29, 0.717) is 5.92 Å². The monoisotopic (exact) mass is 320 g/mol. The number of benzene rings is 2. The highest BCUT2D eigenvalue weighted by molar-refractivity contribution is 6.03. The van der Waals surface area contributed by atoms with E-state index >= 15 is 0 Å². The predicted molar refractivity (Wildman–Crippen MR) is 97.1 cm³/mol. The van der Waals surface area contributed by atoms with Gasteiger partial charge in [0.15, 0.2) is 0 Å². The molecule has 3 heteroatoms. The van der Waals surface area contributed by atoms with E-state index < -0.39 is 0 Å². The van der Waals surface area contributed by atoms with Crippen LogP contribution in [0.15, 0.2) is 54.6 Å². The van der Waals surface area contributed by atoms with Crippen LogP contribution in [0.1, 0.15) is 29.9 Å². The summed E-state index contributed by atoms with van der Waals surface area (Å²) in [5.74, 6) is 0.720. The molecule has 0 bridgehead atoms. The third kappa shape index (κ3) is 3.09. The van der Waals surface area contributed by atoms with Crippen LogP contribution in [0, 0.1) is 5.92 Å². The molecule has 2 aliphatic heterocycles. The summed E-state index contributed by atoms with van der Waals surface area (Å²) in [4.78, 5) is 14.9. The van der Waals surface area contributed by atoms with Gasteiger partial charge in [-0.1, -0.05) is 48.5 Å². The van der Waals surface area contributed by atoms with E-state index in [4.69, 9.17) is 0 Å². The molecule has 1 fully saturated rings. The quantitative estimate of drug-likeness (QED) is 0.932. The van der Waals surface area contributed by atoms with E-state index in [1.54, 1.807) is 0 Å². The lowest BCUT2D eigenvalue weighted by atomic mass is 9.81. The Hall–Kier alpha value is -2.13. The number of rotatable bonds is 4. The molecule has 2 aromatic rings. The number of anilines is 1. The van der Waals surface area contributed by atoms with Gasteiger partial charge in [-0.3, -0.25) is 4.79 Å². The van der Waals surface area contributed by atoms with Crippen molar-refractivity contribution in [2.24, 2.45) is 5.92 Å². The number of hydrogen-bond donors (Lipinski definition) is 1. The SMILES string of the molecule is O=C1Nc2ccccc2C1C1CCN(CCc2ccccc2)CC1. The molecule has 24 heavy (non-hydrogen) atoms. The van der Waals surface area contributed by atoms with Gasteiger partial charge in [0.05, 0.1) is 5.92 Å². The van der Waals surface area contributed by atoms with Crippen LogP contribution in [-0.2, 0) is 11.2 Å². The first-order chi connectivity index (χ1) is 11.8. The second-order valence-electron chi connectivity index (χ2n) is 6.97. The van der Waals surface area contributed by atoms with Gasteiger partial charge in [-0.25, -0.2) is 0 Å². The minimum atomic E-state index is 0.0532. The van der Waals surface area contributed by atoms with Gasteiger partial charge in [-0.15, -0.1) is 0 Å². The first-order valence-corrected chi connectivity index (χ1v) is 8.97. The molecule has 124 valence electrons. The third-order valence-electron chi connectivity index (χ3n) is 5.50. The van der Waals surface area contributed by atoms with Gasteiger partial charge in [0.25, 0.3) is 0 Å². The third-order valence-corrected chi connectivity index (χ3v) is 5.50. The van der Waals surface area contributed by atoms with E-state index in [1.807, 2.05) is 18.2 Å². The van der Waals surface area contributed by atoms with E-state index in [1.165, 1.54) is 11.1 Å². The van der Waals surface area contributed by atoms with Crippen molar-refractivity contribution in [2.75, 3.05) is 25.0 Å². The highest BCUT2D eigenvalue weighted by atomic mass is 16.2. The summed E-state index contributed by atoms with van der Waals surface area (Å²) in [7, 11) is 0. The van der Waals surface area contributed by atoms with Crippen LogP contribution in [0.25, 0.3) is 0 Å². The summed E-state index contributed by atoms with van der Waals surface area (Å²) in [6.07, 6.45) is 3.33. The summed E-state index contributed by atoms with van der Waals surface area (Å²) in [6.45, 7) is 3.32. The number of carbonyl (C=O) groups is 1. The fourth-order valence-electron chi connectivity index (χ4n) is 4.14. The normalized spacial score (nSPS) is 21.5. The second kappa shape index (κ2) is 6.78. The summed E-state index contributed by atoms with van der Waals surface area (Å²) in [5, 5.41) is 3.05. The van der Waals surface area contributed by atoms with Crippen LogP contribution in [0.5, 0.6) is 0 Å². The van der Waals surface area contributed by atoms with E-state index in [9.17, 15) is 4.79 Å². The lowest BCUT2D eigenvalue weighted by molar-refractivity contribution is -0.118. The molecule has 2 aliphatic rings. The first kappa shape index (κ1) is 15.4. The maximum Gasteiger partial charge on any atom is 0.232 e. The number of nitrogens with one attached hydrogen (secondary N) is 1. The van der Waals surface area contributed by atoms with Crippen LogP contribution in [-0.4, -0.2) is 30.4 Å². The van der Waals surface area contributed by atoms with Crippen molar-refractivity contribution in [1.29, 1.82) is 0 Å². The number of carbonyl (C=O) groups excluding carboxylic acids is 1. The molecule has 1 atom stereocenters. The fraction of sp³-hybridized carbons (Fsp3) is 0.381. The number of nitrogens with zero attached hydrogens (tertiary/aromatic N) is 1. The average Bonchev–Trinajstić information content (AvgIpc) is 2.97. The number of hydrogen-bond acceptors (Lipinski definition) is 2. The Balaban J connectivity index is 1.34. The zero-order valence-electron chi connectivity index (χ0n) is 13.9. The molecular formula is C21H24N2O. The highest BCUT2D eigenvalue weighted by Crippen LogP contribution is 2.41. The van der Waals surface area contributed by atoms with Crippen molar-refractivity contribution in [2.45, 2.75) is 25.2 Å². The standard InChI is InChI=1S/C21H24N2O/c24-21-20(18-8-4-5-9-19(18)22-21)17-11-14-23(15-12-17)13-10-16-6-2-1-3-7-16/h1-9,17,20H,10-15H2,(H,22,24). The number of para-hydroxylation sites is 1. The molecular weight excluding hydrogens is 296 g/mol. The Morgan fingerprint density at radius 2 is 1.67 bits per heavy atom. The van der Waals surface area contributed by atoms with Crippen LogP contribution >= 0.6 is 0 Å². The van der Waals surface area contributed by atoms with Crippen LogP contribution in [0.3, 0.4) is 0 Å². The van der Waals surface area contributed by atoms with Crippen molar-refractivity contribution in [3.05, 3.63) is 65.7 Å². The summed E-state index contributed by atoms with van der Waals surface area (Å²) >= 11 is 0. The van der Waals surface area contributed by atoms with Gasteiger partial charge in [-0.05, 0) is 55.5 Å². The molecule has 0 aromatic heterocycles. The Morgan fingerprint density at radius 1 is 0.958 bits per heavy atom. The van der Waals surface area contributed by atoms with E-state index in [-0.39, 0.29) is 11.8 Å². The number of fused-ring (bicyclic) bond motifs is 1. The lowest BCUT2D eigenvalue weighted by Crippen LogP contribution is -2.38. The zero-order chi connectivity index (χ0) is 16.4. The highest BCUT2D eigenvalue weighted by Gasteiger charge is 2.37. The topological polar surface area (TPSA) is 32.3 Å². The second-order valence-corrected chi connectivity index (χ2v) is 6.97. The minimum Gasteiger partial charge on any atom is -0.325 e. The predicted octanol–water partition coefficient (Wildman–Crippen LogP) is 3.68. The molecule has 1 unspecified atom stereocenters. The van der Waals surface area contributed by atoms with Crippen molar-refractivity contribution in [3.8, 4) is 0 Å². The Kier molecular flexibility index (Phi) is 4.35. The fourth-order valence-corrected chi connectivity index (χ4v) is 4.14. The van der Waals surface area contributed by atoms with Crippen molar-refractivity contribution in [1.82, 2.24) is 4.90 Å². The van der Waals surface area contributed by atoms with Gasteiger partial charge >= 0.3 is 0 Å². The lowest BCUT2D eigenvalue weighted by Gasteiger charge is -2.34. The molecule has 1 amide bonds. The molecule has 4 rings (SSSR count). The van der Waals surface area contributed by atoms with Crippen molar-refractivity contribution >= 4 is 11.6 Å². The molecule has 2 aromatic carbocycles. The van der Waals surface area contributed by atoms with Crippen molar-refractivity contribution in [3.63, 3.8) is 0 Å². The molecule has 0 aliphatic carbocycles. The Bertz CT molecular complexity index is 705. The van der Waals surface area contributed by atoms with Gasteiger partial charge in [-0.2, -0.15) is 0 Å². The van der Waals surface area contributed by atoms with E-state index in [2.05, 4.69) is 46.6 Å². The number of piperidine rings is 1. The molecule has 0 spiro atoms. The minimum absolute atomic E-state index is 0.0532. The van der Waals surface area contributed by atoms with Gasteiger partial charge < -0.3 is 10.2 Å². The molecule has 3 nitrogen and oxygen atoms in total. The van der Waals surface area contributed by atoms with Crippen LogP contribution in [0.4, 0.5) is 5.69 Å². The number of amides is 1. The smallest absolute Gasteiger partial charge is 0.232 e. The maximum absolute atomic E-state index is 12.4. The Labute approximate surface area is 143 Å². The largest absolute Gasteiger partial charge is 0.325 e. The van der Waals surface area contributed by atoms with Crippen LogP contribution < -0.4 is 5.32 Å². The van der Waals surface area contributed by atoms with Crippen molar-refractivity contribution < 1.29 is 4.79 Å². The molecule has 1 N–H and O–H groups in total. The Morgan fingerprint density at radius 3 is 2.46 bits per heavy atom. The summed E-state index contributed by atoms with van der Waals surface area (Å²) in [5.41, 5.74) is 3.62. The molecule has 2 heterocycles. The van der Waals surface area contributed by atoms with Gasteiger partial charge in [0.2, 0.25) is 5.91 Å². The molecule has 1 saturated heterocycles.